The molecule has 1 saturated heterocycles. The smallest absolute Gasteiger partial charge is 0.417 e. The highest BCUT2D eigenvalue weighted by Crippen LogP contribution is 2.39. The van der Waals surface area contributed by atoms with Crippen molar-refractivity contribution in [2.45, 2.75) is 77.3 Å². The number of carbonyl (C=O) groups is 3. The summed E-state index contributed by atoms with van der Waals surface area (Å²) in [6.45, 7) is 13.9. The van der Waals surface area contributed by atoms with Gasteiger partial charge in [0.2, 0.25) is 5.91 Å². The minimum absolute atomic E-state index is 0.0379. The molecule has 0 N–H and O–H groups in total. The lowest BCUT2D eigenvalue weighted by Crippen LogP contribution is -2.50. The average molecular weight is 460 g/mol. The minimum atomic E-state index is -2.16. The van der Waals surface area contributed by atoms with Gasteiger partial charge in [-0.15, -0.1) is 0 Å². The Bertz CT molecular complexity index is 907. The van der Waals surface area contributed by atoms with Crippen LogP contribution < -0.4 is 0 Å². The third-order valence-electron chi connectivity index (χ3n) is 6.67. The number of carbonyl (C=O) groups excluding carboxylic acids is 3. The van der Waals surface area contributed by atoms with Crippen LogP contribution in [0.2, 0.25) is 18.1 Å². The van der Waals surface area contributed by atoms with Gasteiger partial charge >= 0.3 is 6.09 Å². The number of benzene rings is 1. The Morgan fingerprint density at radius 3 is 2.38 bits per heavy atom. The molecule has 0 radical (unpaired) electrons. The lowest BCUT2D eigenvalue weighted by molar-refractivity contribution is -0.161. The quantitative estimate of drug-likeness (QED) is 0.599. The van der Waals surface area contributed by atoms with Gasteiger partial charge in [0, 0.05) is 0 Å². The zero-order chi connectivity index (χ0) is 23.8. The minimum Gasteiger partial charge on any atom is -0.439 e. The molecule has 0 aliphatic carbocycles. The van der Waals surface area contributed by atoms with E-state index in [0.717, 1.165) is 10.5 Å². The van der Waals surface area contributed by atoms with E-state index in [0.29, 0.717) is 0 Å². The van der Waals surface area contributed by atoms with Crippen LogP contribution in [0.1, 0.15) is 46.3 Å². The molecule has 8 heteroatoms. The van der Waals surface area contributed by atoms with Crippen molar-refractivity contribution in [2.24, 2.45) is 5.92 Å². The van der Waals surface area contributed by atoms with Crippen molar-refractivity contribution < 1.29 is 28.3 Å². The number of ketones is 1. The molecule has 7 nitrogen and oxygen atoms in total. The largest absolute Gasteiger partial charge is 0.439 e. The van der Waals surface area contributed by atoms with Gasteiger partial charge in [0.05, 0.1) is 12.0 Å². The maximum atomic E-state index is 13.3. The fourth-order valence-electron chi connectivity index (χ4n) is 3.62. The Balaban J connectivity index is 1.74. The number of amides is 2. The molecular weight excluding hydrogens is 426 g/mol. The summed E-state index contributed by atoms with van der Waals surface area (Å²) >= 11 is 0. The Kier molecular flexibility index (Phi) is 6.79. The van der Waals surface area contributed by atoms with Crippen molar-refractivity contribution >= 4 is 26.1 Å². The summed E-state index contributed by atoms with van der Waals surface area (Å²) in [6.07, 6.45) is -0.0106. The first-order valence-corrected chi connectivity index (χ1v) is 13.9. The second-order valence-corrected chi connectivity index (χ2v) is 14.8. The van der Waals surface area contributed by atoms with E-state index in [1.54, 1.807) is 19.9 Å². The fourth-order valence-corrected chi connectivity index (χ4v) is 4.69. The summed E-state index contributed by atoms with van der Waals surface area (Å²) in [5, 5.41) is -0.0379. The average Bonchev–Trinajstić information content (AvgIpc) is 3.02. The van der Waals surface area contributed by atoms with Crippen LogP contribution in [0.4, 0.5) is 4.79 Å². The number of hydrogen-bond acceptors (Lipinski definition) is 6. The molecule has 2 heterocycles. The molecule has 174 valence electrons. The molecule has 0 unspecified atom stereocenters. The monoisotopic (exact) mass is 459 g/mol. The molecule has 1 aromatic rings. The van der Waals surface area contributed by atoms with Gasteiger partial charge < -0.3 is 13.9 Å². The highest BCUT2D eigenvalue weighted by molar-refractivity contribution is 6.74. The highest BCUT2D eigenvalue weighted by atomic mass is 28.4. The maximum Gasteiger partial charge on any atom is 0.417 e. The Hall–Kier alpha value is -2.29. The first kappa shape index (κ1) is 24.4. The first-order chi connectivity index (χ1) is 14.8. The van der Waals surface area contributed by atoms with Crippen molar-refractivity contribution in [3.63, 3.8) is 0 Å². The van der Waals surface area contributed by atoms with E-state index >= 15 is 0 Å². The van der Waals surface area contributed by atoms with Crippen molar-refractivity contribution in [3.8, 4) is 0 Å². The molecule has 2 aliphatic heterocycles. The van der Waals surface area contributed by atoms with Crippen LogP contribution in [0.5, 0.6) is 0 Å². The Morgan fingerprint density at radius 1 is 1.16 bits per heavy atom. The number of nitrogens with zero attached hydrogens (tertiary/aromatic N) is 1. The van der Waals surface area contributed by atoms with Crippen LogP contribution in [-0.2, 0) is 23.5 Å². The molecule has 2 amide bonds. The highest BCUT2D eigenvalue weighted by Gasteiger charge is 2.48. The lowest BCUT2D eigenvalue weighted by Gasteiger charge is -2.40. The van der Waals surface area contributed by atoms with E-state index in [2.05, 4.69) is 33.9 Å². The third-order valence-corrected chi connectivity index (χ3v) is 11.1. The summed E-state index contributed by atoms with van der Waals surface area (Å²) in [7, 11) is -2.16. The van der Waals surface area contributed by atoms with Crippen molar-refractivity contribution in [3.05, 3.63) is 48.0 Å². The van der Waals surface area contributed by atoms with Gasteiger partial charge in [0.1, 0.15) is 12.2 Å². The van der Waals surface area contributed by atoms with Gasteiger partial charge in [-0.25, -0.2) is 9.69 Å². The standard InChI is InChI=1S/C24H33NO6Si/c1-15(20-18(26)13-14-19(29-20)31-32(6,7)24(3,4)5)22(27)25-16(2)21(30-23(25)28)17-11-9-8-10-12-17/h8-16,19-21H,1-7H3/t15-,16-,19+,20-,21-/m1/s1. The van der Waals surface area contributed by atoms with Gasteiger partial charge in [-0.1, -0.05) is 58.0 Å². The van der Waals surface area contributed by atoms with Gasteiger partial charge in [-0.3, -0.25) is 9.59 Å². The Morgan fingerprint density at radius 2 is 1.78 bits per heavy atom. The number of cyclic esters (lactones) is 1. The summed E-state index contributed by atoms with van der Waals surface area (Å²) in [5.41, 5.74) is 0.812. The molecule has 1 fully saturated rings. The van der Waals surface area contributed by atoms with E-state index < -0.39 is 50.8 Å². The van der Waals surface area contributed by atoms with E-state index in [1.807, 2.05) is 30.3 Å². The van der Waals surface area contributed by atoms with Crippen LogP contribution in [0.15, 0.2) is 42.5 Å². The van der Waals surface area contributed by atoms with Crippen molar-refractivity contribution in [1.29, 1.82) is 0 Å². The van der Waals surface area contributed by atoms with Crippen LogP contribution in [0.25, 0.3) is 0 Å². The summed E-state index contributed by atoms with van der Waals surface area (Å²) in [4.78, 5) is 39.5. The summed E-state index contributed by atoms with van der Waals surface area (Å²) in [5.74, 6) is -1.69. The number of rotatable bonds is 5. The molecule has 0 aromatic heterocycles. The third kappa shape index (κ3) is 4.72. The molecule has 0 spiro atoms. The molecule has 1 aromatic carbocycles. The van der Waals surface area contributed by atoms with Crippen LogP contribution >= 0.6 is 0 Å². The SMILES string of the molecule is C[C@@H]1[C@H](c2ccccc2)OC(=O)N1C(=O)[C@H](C)[C@H]1O[C@@H](O[Si](C)(C)C(C)(C)C)C=CC1=O. The zero-order valence-corrected chi connectivity index (χ0v) is 20.8. The lowest BCUT2D eigenvalue weighted by atomic mass is 9.96. The van der Waals surface area contributed by atoms with E-state index in [-0.39, 0.29) is 10.8 Å². The van der Waals surface area contributed by atoms with Gasteiger partial charge in [0.25, 0.3) is 0 Å². The molecule has 5 atom stereocenters. The summed E-state index contributed by atoms with van der Waals surface area (Å²) < 4.78 is 17.7. The zero-order valence-electron chi connectivity index (χ0n) is 19.8. The molecule has 32 heavy (non-hydrogen) atoms. The maximum absolute atomic E-state index is 13.3. The topological polar surface area (TPSA) is 82.1 Å². The van der Waals surface area contributed by atoms with E-state index in [4.69, 9.17) is 13.9 Å². The summed E-state index contributed by atoms with van der Waals surface area (Å²) in [6, 6.07) is 8.78. The van der Waals surface area contributed by atoms with Crippen molar-refractivity contribution in [2.75, 3.05) is 0 Å². The first-order valence-electron chi connectivity index (χ1n) is 11.0. The van der Waals surface area contributed by atoms with E-state index in [1.165, 1.54) is 6.08 Å². The van der Waals surface area contributed by atoms with E-state index in [9.17, 15) is 14.4 Å². The van der Waals surface area contributed by atoms with Gasteiger partial charge in [0.15, 0.2) is 20.4 Å². The predicted molar refractivity (Wildman–Crippen MR) is 122 cm³/mol. The molecule has 0 saturated carbocycles. The Labute approximate surface area is 190 Å². The number of ether oxygens (including phenoxy) is 2. The van der Waals surface area contributed by atoms with Crippen LogP contribution in [-0.4, -0.2) is 49.4 Å². The molecule has 0 bridgehead atoms. The fraction of sp³-hybridized carbons (Fsp3) is 0.542. The number of imide groups is 1. The second-order valence-electron chi connectivity index (χ2n) is 10.0. The second kappa shape index (κ2) is 8.92. The van der Waals surface area contributed by atoms with Crippen LogP contribution in [0.3, 0.4) is 0 Å². The molecule has 2 aliphatic rings. The normalized spacial score (nSPS) is 27.4. The van der Waals surface area contributed by atoms with Gasteiger partial charge in [-0.2, -0.15) is 0 Å². The van der Waals surface area contributed by atoms with Crippen LogP contribution in [0, 0.1) is 5.92 Å². The predicted octanol–water partition coefficient (Wildman–Crippen LogP) is 4.60. The molecule has 3 rings (SSSR count). The molecular formula is C24H33NO6Si. The number of hydrogen-bond donors (Lipinski definition) is 0. The van der Waals surface area contributed by atoms with Gasteiger partial charge in [-0.05, 0) is 42.8 Å². The van der Waals surface area contributed by atoms with Crippen molar-refractivity contribution in [1.82, 2.24) is 4.90 Å².